The van der Waals surface area contributed by atoms with E-state index < -0.39 is 5.79 Å². The van der Waals surface area contributed by atoms with Crippen LogP contribution in [0.2, 0.25) is 0 Å². The maximum Gasteiger partial charge on any atom is 0.135 e. The second-order valence-corrected chi connectivity index (χ2v) is 6.08. The number of nitrogens with two attached hydrogens (primary N) is 3. The van der Waals surface area contributed by atoms with Crippen molar-refractivity contribution in [3.8, 4) is 0 Å². The van der Waals surface area contributed by atoms with E-state index in [4.69, 9.17) is 17.2 Å². The van der Waals surface area contributed by atoms with Crippen LogP contribution in [-0.4, -0.2) is 5.79 Å². The monoisotopic (exact) mass is 283 g/mol. The van der Waals surface area contributed by atoms with Crippen molar-refractivity contribution in [3.05, 3.63) is 12.2 Å². The van der Waals surface area contributed by atoms with Crippen LogP contribution in [0.4, 0.5) is 0 Å². The molecule has 0 saturated carbocycles. The quantitative estimate of drug-likeness (QED) is 0.254. The van der Waals surface area contributed by atoms with E-state index in [2.05, 4.69) is 6.92 Å². The molecule has 0 radical (unpaired) electrons. The molecule has 0 aliphatic heterocycles. The van der Waals surface area contributed by atoms with E-state index >= 15 is 0 Å². The fourth-order valence-electron chi connectivity index (χ4n) is 2.39. The molecule has 0 unspecified atom stereocenters. The SMILES string of the molecule is CCCCCCCCCCCCCCC=CC(N)(N)N. The molecule has 120 valence electrons. The van der Waals surface area contributed by atoms with Crippen LogP contribution < -0.4 is 17.2 Å². The minimum Gasteiger partial charge on any atom is -0.298 e. The molecule has 0 spiro atoms. The third kappa shape index (κ3) is 17.6. The summed E-state index contributed by atoms with van der Waals surface area (Å²) in [6.45, 7) is 2.27. The number of hydrogen-bond acceptors (Lipinski definition) is 3. The summed E-state index contributed by atoms with van der Waals surface area (Å²) < 4.78 is 0. The van der Waals surface area contributed by atoms with Gasteiger partial charge in [0, 0.05) is 0 Å². The highest BCUT2D eigenvalue weighted by atomic mass is 15.1. The highest BCUT2D eigenvalue weighted by Gasteiger charge is 2.03. The Morgan fingerprint density at radius 3 is 1.45 bits per heavy atom. The molecule has 0 rings (SSSR count). The van der Waals surface area contributed by atoms with Crippen molar-refractivity contribution in [2.45, 2.75) is 96.2 Å². The van der Waals surface area contributed by atoms with Crippen molar-refractivity contribution in [2.75, 3.05) is 0 Å². The van der Waals surface area contributed by atoms with E-state index in [1.807, 2.05) is 6.08 Å². The standard InChI is InChI=1S/C17H37N3/c1-2-3-4-5-6-7-8-9-10-11-12-13-14-15-16-17(18,19)20/h15-16H,2-14,18-20H2,1H3. The summed E-state index contributed by atoms with van der Waals surface area (Å²) in [6.07, 6.45) is 21.3. The average Bonchev–Trinajstić information content (AvgIpc) is 2.38. The van der Waals surface area contributed by atoms with Gasteiger partial charge in [-0.2, -0.15) is 0 Å². The second kappa shape index (κ2) is 13.6. The number of rotatable bonds is 14. The molecule has 3 nitrogen and oxygen atoms in total. The van der Waals surface area contributed by atoms with E-state index in [9.17, 15) is 0 Å². The maximum atomic E-state index is 5.45. The predicted octanol–water partition coefficient (Wildman–Crippen LogP) is 4.16. The van der Waals surface area contributed by atoms with Crippen LogP contribution in [-0.2, 0) is 0 Å². The van der Waals surface area contributed by atoms with Gasteiger partial charge in [0.05, 0.1) is 0 Å². The summed E-state index contributed by atoms with van der Waals surface area (Å²) in [5.41, 5.74) is 16.4. The van der Waals surface area contributed by atoms with Crippen molar-refractivity contribution in [3.63, 3.8) is 0 Å². The maximum absolute atomic E-state index is 5.45. The third-order valence-electron chi connectivity index (χ3n) is 3.63. The molecule has 0 aromatic carbocycles. The zero-order chi connectivity index (χ0) is 15.1. The summed E-state index contributed by atoms with van der Waals surface area (Å²) in [6, 6.07) is 0. The van der Waals surface area contributed by atoms with E-state index in [1.165, 1.54) is 77.0 Å². The van der Waals surface area contributed by atoms with Crippen LogP contribution in [0.5, 0.6) is 0 Å². The van der Waals surface area contributed by atoms with Gasteiger partial charge in [0.1, 0.15) is 5.79 Å². The summed E-state index contributed by atoms with van der Waals surface area (Å²) in [5.74, 6) is -1.14. The Balaban J connectivity index is 3.08. The Morgan fingerprint density at radius 2 is 1.05 bits per heavy atom. The highest BCUT2D eigenvalue weighted by molar-refractivity contribution is 4.96. The topological polar surface area (TPSA) is 78.1 Å². The Labute approximate surface area is 126 Å². The number of unbranched alkanes of at least 4 members (excludes halogenated alkanes) is 12. The van der Waals surface area contributed by atoms with Gasteiger partial charge >= 0.3 is 0 Å². The van der Waals surface area contributed by atoms with Gasteiger partial charge < -0.3 is 0 Å². The summed E-state index contributed by atoms with van der Waals surface area (Å²) in [4.78, 5) is 0. The molecule has 0 saturated heterocycles. The van der Waals surface area contributed by atoms with Crippen molar-refractivity contribution in [1.29, 1.82) is 0 Å². The van der Waals surface area contributed by atoms with Crippen LogP contribution in [0, 0.1) is 0 Å². The number of hydrogen-bond donors (Lipinski definition) is 3. The van der Waals surface area contributed by atoms with Gasteiger partial charge in [-0.05, 0) is 18.9 Å². The van der Waals surface area contributed by atoms with E-state index in [1.54, 1.807) is 6.08 Å². The molecule has 0 bridgehead atoms. The van der Waals surface area contributed by atoms with Gasteiger partial charge in [0.2, 0.25) is 0 Å². The van der Waals surface area contributed by atoms with Crippen molar-refractivity contribution in [1.82, 2.24) is 0 Å². The molecule has 20 heavy (non-hydrogen) atoms. The normalized spacial score (nSPS) is 12.4. The Hall–Kier alpha value is -0.380. The largest absolute Gasteiger partial charge is 0.298 e. The minimum atomic E-state index is -1.14. The van der Waals surface area contributed by atoms with Gasteiger partial charge in [-0.1, -0.05) is 83.6 Å². The van der Waals surface area contributed by atoms with Gasteiger partial charge in [-0.15, -0.1) is 0 Å². The Kier molecular flexibility index (Phi) is 13.3. The summed E-state index contributed by atoms with van der Waals surface area (Å²) in [7, 11) is 0. The van der Waals surface area contributed by atoms with Crippen LogP contribution in [0.25, 0.3) is 0 Å². The molecule has 0 aliphatic carbocycles. The Morgan fingerprint density at radius 1 is 0.650 bits per heavy atom. The molecule has 0 heterocycles. The van der Waals surface area contributed by atoms with Crippen molar-refractivity contribution < 1.29 is 0 Å². The smallest absolute Gasteiger partial charge is 0.135 e. The average molecular weight is 284 g/mol. The van der Waals surface area contributed by atoms with Crippen molar-refractivity contribution in [2.24, 2.45) is 17.2 Å². The van der Waals surface area contributed by atoms with E-state index in [0.29, 0.717) is 0 Å². The minimum absolute atomic E-state index is 1.03. The van der Waals surface area contributed by atoms with E-state index in [0.717, 1.165) is 6.42 Å². The first-order chi connectivity index (χ1) is 9.56. The molecule has 0 amide bonds. The lowest BCUT2D eigenvalue weighted by Crippen LogP contribution is -2.56. The lowest BCUT2D eigenvalue weighted by atomic mass is 10.0. The zero-order valence-electron chi connectivity index (χ0n) is 13.6. The molecular weight excluding hydrogens is 246 g/mol. The van der Waals surface area contributed by atoms with Gasteiger partial charge in [-0.25, -0.2) is 0 Å². The molecule has 0 atom stereocenters. The lowest BCUT2D eigenvalue weighted by molar-refractivity contribution is 0.544. The molecule has 0 aliphatic rings. The summed E-state index contributed by atoms with van der Waals surface area (Å²) in [5, 5.41) is 0. The molecule has 0 fully saturated rings. The first-order valence-corrected chi connectivity index (χ1v) is 8.60. The Bertz CT molecular complexity index is 219. The first-order valence-electron chi connectivity index (χ1n) is 8.60. The van der Waals surface area contributed by atoms with E-state index in [-0.39, 0.29) is 0 Å². The molecule has 3 heteroatoms. The van der Waals surface area contributed by atoms with Crippen LogP contribution in [0.1, 0.15) is 90.4 Å². The highest BCUT2D eigenvalue weighted by Crippen LogP contribution is 2.12. The van der Waals surface area contributed by atoms with Gasteiger partial charge in [0.15, 0.2) is 0 Å². The van der Waals surface area contributed by atoms with Crippen molar-refractivity contribution >= 4 is 0 Å². The summed E-state index contributed by atoms with van der Waals surface area (Å²) >= 11 is 0. The van der Waals surface area contributed by atoms with Crippen LogP contribution >= 0.6 is 0 Å². The van der Waals surface area contributed by atoms with Crippen LogP contribution in [0.15, 0.2) is 12.2 Å². The molecule has 6 N–H and O–H groups in total. The molecular formula is C17H37N3. The van der Waals surface area contributed by atoms with Gasteiger partial charge in [-0.3, -0.25) is 17.2 Å². The first kappa shape index (κ1) is 19.6. The molecule has 0 aromatic rings. The van der Waals surface area contributed by atoms with Crippen LogP contribution in [0.3, 0.4) is 0 Å². The zero-order valence-corrected chi connectivity index (χ0v) is 13.6. The third-order valence-corrected chi connectivity index (χ3v) is 3.63. The number of allylic oxidation sites excluding steroid dienone is 1. The molecule has 0 aromatic heterocycles. The van der Waals surface area contributed by atoms with Gasteiger partial charge in [0.25, 0.3) is 0 Å². The predicted molar refractivity (Wildman–Crippen MR) is 90.1 cm³/mol. The second-order valence-electron chi connectivity index (χ2n) is 6.08. The lowest BCUT2D eigenvalue weighted by Gasteiger charge is -2.11. The fraction of sp³-hybridized carbons (Fsp3) is 0.882. The fourth-order valence-corrected chi connectivity index (χ4v) is 2.39.